The first kappa shape index (κ1) is 15.0. The minimum absolute atomic E-state index is 0.131. The summed E-state index contributed by atoms with van der Waals surface area (Å²) in [7, 11) is 0. The zero-order valence-electron chi connectivity index (χ0n) is 12.5. The Morgan fingerprint density at radius 2 is 1.75 bits per heavy atom. The third-order valence-electron chi connectivity index (χ3n) is 3.83. The Morgan fingerprint density at radius 3 is 2.45 bits per heavy atom. The lowest BCUT2D eigenvalue weighted by Crippen LogP contribution is -2.21. The van der Waals surface area contributed by atoms with Crippen molar-refractivity contribution in [3.05, 3.63) is 47.8 Å². The van der Waals surface area contributed by atoms with E-state index in [2.05, 4.69) is 19.2 Å². The molecule has 0 aliphatic rings. The second-order valence-electron chi connectivity index (χ2n) is 5.29. The summed E-state index contributed by atoms with van der Waals surface area (Å²) in [6, 6.07) is 11.6. The lowest BCUT2D eigenvalue weighted by Gasteiger charge is -2.20. The Bertz CT molecular complexity index is 550. The highest BCUT2D eigenvalue weighted by atomic mass is 19.1. The molecular weight excluding hydrogens is 249 g/mol. The highest BCUT2D eigenvalue weighted by Crippen LogP contribution is 2.29. The third-order valence-corrected chi connectivity index (χ3v) is 3.83. The first-order valence-electron chi connectivity index (χ1n) is 7.68. The number of fused-ring (bicyclic) bond motifs is 1. The zero-order valence-corrected chi connectivity index (χ0v) is 12.5. The van der Waals surface area contributed by atoms with E-state index in [-0.39, 0.29) is 5.82 Å². The molecule has 2 aromatic rings. The summed E-state index contributed by atoms with van der Waals surface area (Å²) in [5, 5.41) is 5.31. The summed E-state index contributed by atoms with van der Waals surface area (Å²) in [5.41, 5.74) is 1.22. The smallest absolute Gasteiger partial charge is 0.131 e. The second kappa shape index (κ2) is 7.39. The van der Waals surface area contributed by atoms with Gasteiger partial charge in [0.25, 0.3) is 0 Å². The van der Waals surface area contributed by atoms with Crippen molar-refractivity contribution in [2.75, 3.05) is 6.54 Å². The van der Waals surface area contributed by atoms with E-state index in [9.17, 15) is 4.39 Å². The molecule has 0 amide bonds. The average Bonchev–Trinajstić information content (AvgIpc) is 2.48. The van der Waals surface area contributed by atoms with Gasteiger partial charge in [0, 0.05) is 11.4 Å². The molecule has 0 aliphatic carbocycles. The summed E-state index contributed by atoms with van der Waals surface area (Å²) in [6.45, 7) is 5.27. The van der Waals surface area contributed by atoms with E-state index in [1.807, 2.05) is 30.3 Å². The maximum Gasteiger partial charge on any atom is 0.131 e. The van der Waals surface area contributed by atoms with Crippen molar-refractivity contribution in [2.45, 2.75) is 45.6 Å². The van der Waals surface area contributed by atoms with Crippen LogP contribution in [0.3, 0.4) is 0 Å². The standard InChI is InChI=1S/C18H24FN/c1-3-5-6-11-18(20-4-2)16-12-13-17(19)15-10-8-7-9-14(15)16/h7-10,12-13,18,20H,3-6,11H2,1-2H3. The van der Waals surface area contributed by atoms with Gasteiger partial charge < -0.3 is 5.32 Å². The van der Waals surface area contributed by atoms with E-state index in [0.717, 1.165) is 23.7 Å². The van der Waals surface area contributed by atoms with E-state index < -0.39 is 0 Å². The van der Waals surface area contributed by atoms with Crippen LogP contribution in [-0.2, 0) is 0 Å². The quantitative estimate of drug-likeness (QED) is 0.683. The molecule has 0 heterocycles. The number of unbranched alkanes of at least 4 members (excludes halogenated alkanes) is 2. The van der Waals surface area contributed by atoms with Gasteiger partial charge in [-0.15, -0.1) is 0 Å². The minimum Gasteiger partial charge on any atom is -0.310 e. The Balaban J connectivity index is 2.34. The summed E-state index contributed by atoms with van der Waals surface area (Å²) in [4.78, 5) is 0. The first-order valence-corrected chi connectivity index (χ1v) is 7.68. The molecular formula is C18H24FN. The highest BCUT2D eigenvalue weighted by molar-refractivity contribution is 5.86. The van der Waals surface area contributed by atoms with Crippen LogP contribution in [0.1, 0.15) is 51.1 Å². The molecule has 0 aliphatic heterocycles. The molecule has 0 aromatic heterocycles. The Hall–Kier alpha value is -1.41. The van der Waals surface area contributed by atoms with Crippen molar-refractivity contribution < 1.29 is 4.39 Å². The van der Waals surface area contributed by atoms with Gasteiger partial charge in [-0.25, -0.2) is 4.39 Å². The molecule has 2 rings (SSSR count). The van der Waals surface area contributed by atoms with Crippen LogP contribution in [0.5, 0.6) is 0 Å². The number of rotatable bonds is 7. The molecule has 0 saturated carbocycles. The van der Waals surface area contributed by atoms with Crippen LogP contribution in [0.2, 0.25) is 0 Å². The largest absolute Gasteiger partial charge is 0.310 e. The molecule has 0 fully saturated rings. The summed E-state index contributed by atoms with van der Waals surface area (Å²) >= 11 is 0. The van der Waals surface area contributed by atoms with Crippen LogP contribution in [0.4, 0.5) is 4.39 Å². The second-order valence-corrected chi connectivity index (χ2v) is 5.29. The zero-order chi connectivity index (χ0) is 14.4. The predicted octanol–water partition coefficient (Wildman–Crippen LogP) is 5.21. The van der Waals surface area contributed by atoms with Crippen LogP contribution in [-0.4, -0.2) is 6.54 Å². The van der Waals surface area contributed by atoms with E-state index in [4.69, 9.17) is 0 Å². The van der Waals surface area contributed by atoms with Crippen molar-refractivity contribution in [3.63, 3.8) is 0 Å². The molecule has 0 bridgehead atoms. The number of halogens is 1. The fourth-order valence-electron chi connectivity index (χ4n) is 2.80. The van der Waals surface area contributed by atoms with E-state index in [0.29, 0.717) is 6.04 Å². The number of hydrogen-bond donors (Lipinski definition) is 1. The first-order chi connectivity index (χ1) is 9.77. The number of benzene rings is 2. The fourth-order valence-corrected chi connectivity index (χ4v) is 2.80. The van der Waals surface area contributed by atoms with Gasteiger partial charge in [-0.3, -0.25) is 0 Å². The summed E-state index contributed by atoms with van der Waals surface area (Å²) < 4.78 is 13.9. The fraction of sp³-hybridized carbons (Fsp3) is 0.444. The van der Waals surface area contributed by atoms with Crippen molar-refractivity contribution in [3.8, 4) is 0 Å². The van der Waals surface area contributed by atoms with E-state index in [1.165, 1.54) is 24.8 Å². The molecule has 1 nitrogen and oxygen atoms in total. The van der Waals surface area contributed by atoms with Crippen molar-refractivity contribution in [1.29, 1.82) is 0 Å². The average molecular weight is 273 g/mol. The van der Waals surface area contributed by atoms with Gasteiger partial charge in [0.05, 0.1) is 0 Å². The maximum atomic E-state index is 13.9. The van der Waals surface area contributed by atoms with Gasteiger partial charge in [0.1, 0.15) is 5.82 Å². The SMILES string of the molecule is CCCCCC(NCC)c1ccc(F)c2ccccc12. The van der Waals surface area contributed by atoms with Gasteiger partial charge in [-0.05, 0) is 30.0 Å². The van der Waals surface area contributed by atoms with Crippen LogP contribution in [0.15, 0.2) is 36.4 Å². The van der Waals surface area contributed by atoms with E-state index >= 15 is 0 Å². The van der Waals surface area contributed by atoms with Gasteiger partial charge in [-0.1, -0.05) is 63.4 Å². The Morgan fingerprint density at radius 1 is 1.00 bits per heavy atom. The maximum absolute atomic E-state index is 13.9. The number of nitrogens with one attached hydrogen (secondary N) is 1. The van der Waals surface area contributed by atoms with Crippen LogP contribution in [0, 0.1) is 5.82 Å². The van der Waals surface area contributed by atoms with Crippen LogP contribution < -0.4 is 5.32 Å². The summed E-state index contributed by atoms with van der Waals surface area (Å²) in [5.74, 6) is -0.131. The van der Waals surface area contributed by atoms with Crippen LogP contribution in [0.25, 0.3) is 10.8 Å². The third kappa shape index (κ3) is 3.37. The molecule has 0 spiro atoms. The molecule has 1 atom stereocenters. The molecule has 2 heteroatoms. The van der Waals surface area contributed by atoms with Gasteiger partial charge in [0.2, 0.25) is 0 Å². The van der Waals surface area contributed by atoms with E-state index in [1.54, 1.807) is 6.07 Å². The molecule has 1 unspecified atom stereocenters. The molecule has 0 saturated heterocycles. The van der Waals surface area contributed by atoms with Gasteiger partial charge in [-0.2, -0.15) is 0 Å². The minimum atomic E-state index is -0.131. The van der Waals surface area contributed by atoms with Crippen molar-refractivity contribution in [1.82, 2.24) is 5.32 Å². The molecule has 2 aromatic carbocycles. The lowest BCUT2D eigenvalue weighted by molar-refractivity contribution is 0.488. The normalized spacial score (nSPS) is 12.8. The molecule has 1 N–H and O–H groups in total. The number of hydrogen-bond acceptors (Lipinski definition) is 1. The molecule has 20 heavy (non-hydrogen) atoms. The van der Waals surface area contributed by atoms with Gasteiger partial charge in [0.15, 0.2) is 0 Å². The summed E-state index contributed by atoms with van der Waals surface area (Å²) in [6.07, 6.45) is 4.79. The Labute approximate surface area is 121 Å². The van der Waals surface area contributed by atoms with Gasteiger partial charge >= 0.3 is 0 Å². The lowest BCUT2D eigenvalue weighted by atomic mass is 9.94. The van der Waals surface area contributed by atoms with Crippen LogP contribution >= 0.6 is 0 Å². The van der Waals surface area contributed by atoms with Crippen molar-refractivity contribution >= 4 is 10.8 Å². The molecule has 108 valence electrons. The Kier molecular flexibility index (Phi) is 5.54. The predicted molar refractivity (Wildman–Crippen MR) is 84.5 cm³/mol. The topological polar surface area (TPSA) is 12.0 Å². The monoisotopic (exact) mass is 273 g/mol. The highest BCUT2D eigenvalue weighted by Gasteiger charge is 2.14. The molecule has 0 radical (unpaired) electrons. The van der Waals surface area contributed by atoms with Crippen molar-refractivity contribution in [2.24, 2.45) is 0 Å².